The molecule has 0 radical (unpaired) electrons. The molecule has 6 heteroatoms. The van der Waals surface area contributed by atoms with Crippen LogP contribution in [0.4, 0.5) is 0 Å². The highest BCUT2D eigenvalue weighted by Crippen LogP contribution is 2.20. The summed E-state index contributed by atoms with van der Waals surface area (Å²) in [6.07, 6.45) is 1.56. The molecular weight excluding hydrogens is 294 g/mol. The Morgan fingerprint density at radius 3 is 2.78 bits per heavy atom. The minimum Gasteiger partial charge on any atom is -0.496 e. The molecule has 0 aliphatic carbocycles. The van der Waals surface area contributed by atoms with Crippen molar-refractivity contribution in [1.29, 1.82) is 0 Å². The van der Waals surface area contributed by atoms with Crippen LogP contribution in [-0.2, 0) is 11.3 Å². The number of carbonyl (C=O) groups excluding carboxylic acids is 1. The van der Waals surface area contributed by atoms with Gasteiger partial charge >= 0.3 is 0 Å². The van der Waals surface area contributed by atoms with E-state index in [4.69, 9.17) is 4.74 Å². The summed E-state index contributed by atoms with van der Waals surface area (Å²) in [6, 6.07) is 10.5. The maximum absolute atomic E-state index is 11.9. The summed E-state index contributed by atoms with van der Waals surface area (Å²) in [7, 11) is 1.59. The summed E-state index contributed by atoms with van der Waals surface area (Å²) < 4.78 is 6.61. The van der Waals surface area contributed by atoms with Crippen LogP contribution in [0, 0.1) is 6.92 Å². The molecule has 1 aromatic heterocycles. The lowest BCUT2D eigenvalue weighted by Gasteiger charge is -2.09. The van der Waals surface area contributed by atoms with Crippen molar-refractivity contribution >= 4 is 11.6 Å². The SMILES string of the molecule is COc1ccc(C)cc1/C(C)=N\NC(=O)Cn1ccccc1=O. The van der Waals surface area contributed by atoms with Gasteiger partial charge in [0, 0.05) is 17.8 Å². The number of hydrazone groups is 1. The molecular formula is C17H19N3O3. The summed E-state index contributed by atoms with van der Waals surface area (Å²) in [4.78, 5) is 23.5. The van der Waals surface area contributed by atoms with E-state index < -0.39 is 0 Å². The van der Waals surface area contributed by atoms with Crippen molar-refractivity contribution in [1.82, 2.24) is 9.99 Å². The smallest absolute Gasteiger partial charge is 0.260 e. The van der Waals surface area contributed by atoms with E-state index in [1.54, 1.807) is 32.4 Å². The van der Waals surface area contributed by atoms with Crippen LogP contribution in [0.5, 0.6) is 5.75 Å². The molecule has 6 nitrogen and oxygen atoms in total. The molecule has 0 aliphatic rings. The largest absolute Gasteiger partial charge is 0.496 e. The fourth-order valence-electron chi connectivity index (χ4n) is 2.09. The van der Waals surface area contributed by atoms with Gasteiger partial charge in [-0.05, 0) is 32.0 Å². The zero-order chi connectivity index (χ0) is 16.8. The second-order valence-corrected chi connectivity index (χ2v) is 5.10. The number of rotatable bonds is 5. The lowest BCUT2D eigenvalue weighted by Crippen LogP contribution is -2.29. The van der Waals surface area contributed by atoms with Crippen LogP contribution in [0.25, 0.3) is 0 Å². The van der Waals surface area contributed by atoms with Crippen molar-refractivity contribution in [2.24, 2.45) is 5.10 Å². The number of nitrogens with zero attached hydrogens (tertiary/aromatic N) is 2. The Morgan fingerprint density at radius 2 is 2.09 bits per heavy atom. The fraction of sp³-hybridized carbons (Fsp3) is 0.235. The number of nitrogens with one attached hydrogen (secondary N) is 1. The van der Waals surface area contributed by atoms with Gasteiger partial charge in [0.15, 0.2) is 0 Å². The molecule has 0 saturated carbocycles. The average molecular weight is 313 g/mol. The first kappa shape index (κ1) is 16.5. The lowest BCUT2D eigenvalue weighted by molar-refractivity contribution is -0.121. The normalized spacial score (nSPS) is 11.2. The zero-order valence-electron chi connectivity index (χ0n) is 13.4. The van der Waals surface area contributed by atoms with Crippen molar-refractivity contribution < 1.29 is 9.53 Å². The second-order valence-electron chi connectivity index (χ2n) is 5.10. The van der Waals surface area contributed by atoms with Crippen molar-refractivity contribution in [2.45, 2.75) is 20.4 Å². The minimum absolute atomic E-state index is 0.0819. The molecule has 0 spiro atoms. The van der Waals surface area contributed by atoms with Crippen LogP contribution in [0.15, 0.2) is 52.5 Å². The molecule has 0 unspecified atom stereocenters. The first-order valence-electron chi connectivity index (χ1n) is 7.15. The van der Waals surface area contributed by atoms with E-state index in [9.17, 15) is 9.59 Å². The Balaban J connectivity index is 2.10. The molecule has 0 bridgehead atoms. The third kappa shape index (κ3) is 4.29. The number of aryl methyl sites for hydroxylation is 1. The number of carbonyl (C=O) groups is 1. The van der Waals surface area contributed by atoms with Gasteiger partial charge in [-0.1, -0.05) is 17.7 Å². The monoisotopic (exact) mass is 313 g/mol. The number of hydrogen-bond donors (Lipinski definition) is 1. The van der Waals surface area contributed by atoms with Gasteiger partial charge in [-0.2, -0.15) is 5.10 Å². The Hall–Kier alpha value is -2.89. The molecule has 0 fully saturated rings. The number of pyridine rings is 1. The van der Waals surface area contributed by atoms with Crippen LogP contribution in [0.2, 0.25) is 0 Å². The average Bonchev–Trinajstić information content (AvgIpc) is 2.54. The van der Waals surface area contributed by atoms with Gasteiger partial charge in [-0.3, -0.25) is 9.59 Å². The molecule has 1 N–H and O–H groups in total. The number of methoxy groups -OCH3 is 1. The summed E-state index contributed by atoms with van der Waals surface area (Å²) in [5, 5.41) is 4.09. The molecule has 0 saturated heterocycles. The van der Waals surface area contributed by atoms with E-state index in [-0.39, 0.29) is 18.0 Å². The Morgan fingerprint density at radius 1 is 1.30 bits per heavy atom. The van der Waals surface area contributed by atoms with Crippen molar-refractivity contribution in [3.05, 3.63) is 64.1 Å². The van der Waals surface area contributed by atoms with Crippen LogP contribution in [0.3, 0.4) is 0 Å². The van der Waals surface area contributed by atoms with Gasteiger partial charge in [-0.15, -0.1) is 0 Å². The summed E-state index contributed by atoms with van der Waals surface area (Å²) in [5.41, 5.74) is 4.73. The highest BCUT2D eigenvalue weighted by atomic mass is 16.5. The summed E-state index contributed by atoms with van der Waals surface area (Å²) >= 11 is 0. The fourth-order valence-corrected chi connectivity index (χ4v) is 2.09. The highest BCUT2D eigenvalue weighted by molar-refractivity contribution is 6.01. The molecule has 0 aliphatic heterocycles. The van der Waals surface area contributed by atoms with Crippen LogP contribution in [0.1, 0.15) is 18.1 Å². The molecule has 23 heavy (non-hydrogen) atoms. The van der Waals surface area contributed by atoms with E-state index in [2.05, 4.69) is 10.5 Å². The number of amides is 1. The van der Waals surface area contributed by atoms with Gasteiger partial charge < -0.3 is 9.30 Å². The third-order valence-corrected chi connectivity index (χ3v) is 3.31. The Bertz CT molecular complexity index is 794. The zero-order valence-corrected chi connectivity index (χ0v) is 13.4. The van der Waals surface area contributed by atoms with Crippen LogP contribution in [-0.4, -0.2) is 23.3 Å². The molecule has 1 amide bonds. The Labute approximate surface area is 134 Å². The Kier molecular flexibility index (Phi) is 5.30. The first-order chi connectivity index (χ1) is 11.0. The molecule has 1 aromatic carbocycles. The third-order valence-electron chi connectivity index (χ3n) is 3.31. The number of aromatic nitrogens is 1. The second kappa shape index (κ2) is 7.40. The molecule has 2 rings (SSSR count). The van der Waals surface area contributed by atoms with Gasteiger partial charge in [0.25, 0.3) is 11.5 Å². The maximum Gasteiger partial charge on any atom is 0.260 e. The van der Waals surface area contributed by atoms with Crippen LogP contribution < -0.4 is 15.7 Å². The molecule has 2 aromatic rings. The van der Waals surface area contributed by atoms with Crippen molar-refractivity contribution in [2.75, 3.05) is 7.11 Å². The molecule has 1 heterocycles. The topological polar surface area (TPSA) is 72.7 Å². The predicted octanol–water partition coefficient (Wildman–Crippen LogP) is 1.71. The quantitative estimate of drug-likeness (QED) is 0.674. The maximum atomic E-state index is 11.9. The van der Waals surface area contributed by atoms with E-state index in [1.807, 2.05) is 25.1 Å². The molecule has 0 atom stereocenters. The summed E-state index contributed by atoms with van der Waals surface area (Å²) in [6.45, 7) is 3.67. The van der Waals surface area contributed by atoms with Crippen molar-refractivity contribution in [3.63, 3.8) is 0 Å². The minimum atomic E-state index is -0.371. The van der Waals surface area contributed by atoms with E-state index >= 15 is 0 Å². The lowest BCUT2D eigenvalue weighted by atomic mass is 10.1. The number of benzene rings is 1. The summed E-state index contributed by atoms with van der Waals surface area (Å²) in [5.74, 6) is 0.314. The van der Waals surface area contributed by atoms with Gasteiger partial charge in [0.1, 0.15) is 12.3 Å². The van der Waals surface area contributed by atoms with E-state index in [0.717, 1.165) is 11.1 Å². The highest BCUT2D eigenvalue weighted by Gasteiger charge is 2.08. The standard InChI is InChI=1S/C17H19N3O3/c1-12-7-8-15(23-3)14(10-12)13(2)18-19-16(21)11-20-9-5-4-6-17(20)22/h4-10H,11H2,1-3H3,(H,19,21)/b18-13-. The van der Waals surface area contributed by atoms with Crippen molar-refractivity contribution in [3.8, 4) is 5.75 Å². The predicted molar refractivity (Wildman–Crippen MR) is 88.8 cm³/mol. The van der Waals surface area contributed by atoms with Gasteiger partial charge in [0.2, 0.25) is 0 Å². The molecule has 120 valence electrons. The number of ether oxygens (including phenoxy) is 1. The van der Waals surface area contributed by atoms with E-state index in [1.165, 1.54) is 10.6 Å². The first-order valence-corrected chi connectivity index (χ1v) is 7.15. The van der Waals surface area contributed by atoms with Gasteiger partial charge in [0.05, 0.1) is 12.8 Å². The number of hydrogen-bond acceptors (Lipinski definition) is 4. The van der Waals surface area contributed by atoms with E-state index in [0.29, 0.717) is 11.5 Å². The van der Waals surface area contributed by atoms with Crippen LogP contribution >= 0.6 is 0 Å². The van der Waals surface area contributed by atoms with Gasteiger partial charge in [-0.25, -0.2) is 5.43 Å².